The van der Waals surface area contributed by atoms with Gasteiger partial charge in [-0.3, -0.25) is 9.78 Å². The zero-order valence-electron chi connectivity index (χ0n) is 14.4. The third-order valence-corrected chi connectivity index (χ3v) is 5.03. The van der Waals surface area contributed by atoms with E-state index in [1.165, 1.54) is 12.1 Å². The van der Waals surface area contributed by atoms with Crippen LogP contribution < -0.4 is 5.32 Å². The normalized spacial score (nSPS) is 11.2. The van der Waals surface area contributed by atoms with Crippen molar-refractivity contribution in [3.63, 3.8) is 0 Å². The number of carbonyl (C=O) groups is 1. The predicted molar refractivity (Wildman–Crippen MR) is 102 cm³/mol. The van der Waals surface area contributed by atoms with Crippen LogP contribution in [0.3, 0.4) is 0 Å². The van der Waals surface area contributed by atoms with Gasteiger partial charge in [-0.25, -0.2) is 8.42 Å². The van der Waals surface area contributed by atoms with Crippen LogP contribution in [0.4, 0.5) is 5.69 Å². The number of anilines is 1. The standard InChI is InChI=1S/C20H18N2O3S/c1-14-18(11-12-19(21-14)15-7-4-3-5-8-15)20(23)22-16-9-6-10-17(13-16)26(2,24)25/h3-13H,1-2H3,(H,22,23). The summed E-state index contributed by atoms with van der Waals surface area (Å²) in [4.78, 5) is 17.2. The molecule has 0 spiro atoms. The summed E-state index contributed by atoms with van der Waals surface area (Å²) < 4.78 is 23.3. The van der Waals surface area contributed by atoms with E-state index in [0.29, 0.717) is 16.9 Å². The van der Waals surface area contributed by atoms with E-state index in [0.717, 1.165) is 17.5 Å². The van der Waals surface area contributed by atoms with E-state index in [4.69, 9.17) is 0 Å². The van der Waals surface area contributed by atoms with E-state index >= 15 is 0 Å². The first-order valence-electron chi connectivity index (χ1n) is 7.99. The molecule has 3 aromatic rings. The van der Waals surface area contributed by atoms with Gasteiger partial charge in [0.15, 0.2) is 9.84 Å². The van der Waals surface area contributed by atoms with Crippen LogP contribution in [-0.2, 0) is 9.84 Å². The van der Waals surface area contributed by atoms with Gasteiger partial charge in [-0.05, 0) is 37.3 Å². The van der Waals surface area contributed by atoms with Crippen LogP contribution in [0.1, 0.15) is 16.1 Å². The van der Waals surface area contributed by atoms with E-state index in [9.17, 15) is 13.2 Å². The van der Waals surface area contributed by atoms with Gasteiger partial charge in [-0.15, -0.1) is 0 Å². The van der Waals surface area contributed by atoms with Crippen molar-refractivity contribution >= 4 is 21.4 Å². The van der Waals surface area contributed by atoms with Gasteiger partial charge in [0.05, 0.1) is 21.8 Å². The van der Waals surface area contributed by atoms with Crippen molar-refractivity contribution in [3.05, 3.63) is 78.0 Å². The molecule has 1 N–H and O–H groups in total. The summed E-state index contributed by atoms with van der Waals surface area (Å²) in [6, 6.07) is 19.4. The van der Waals surface area contributed by atoms with Crippen molar-refractivity contribution in [1.29, 1.82) is 0 Å². The molecule has 0 unspecified atom stereocenters. The van der Waals surface area contributed by atoms with Crippen LogP contribution in [0.25, 0.3) is 11.3 Å². The summed E-state index contributed by atoms with van der Waals surface area (Å²) in [5, 5.41) is 2.73. The van der Waals surface area contributed by atoms with E-state index in [-0.39, 0.29) is 10.8 Å². The Morgan fingerprint density at radius 3 is 2.35 bits per heavy atom. The minimum atomic E-state index is -3.33. The Hall–Kier alpha value is -2.99. The second-order valence-corrected chi connectivity index (χ2v) is 7.97. The number of aromatic nitrogens is 1. The smallest absolute Gasteiger partial charge is 0.257 e. The Labute approximate surface area is 152 Å². The van der Waals surface area contributed by atoms with E-state index in [2.05, 4.69) is 10.3 Å². The number of hydrogen-bond acceptors (Lipinski definition) is 4. The van der Waals surface area contributed by atoms with Gasteiger partial charge in [0.2, 0.25) is 0 Å². The lowest BCUT2D eigenvalue weighted by molar-refractivity contribution is 0.102. The minimum Gasteiger partial charge on any atom is -0.322 e. The predicted octanol–water partition coefficient (Wildman–Crippen LogP) is 3.71. The highest BCUT2D eigenvalue weighted by Gasteiger charge is 2.13. The van der Waals surface area contributed by atoms with Gasteiger partial charge in [-0.1, -0.05) is 36.4 Å². The lowest BCUT2D eigenvalue weighted by Gasteiger charge is -2.10. The Kier molecular flexibility index (Phi) is 4.86. The molecule has 0 atom stereocenters. The molecule has 0 radical (unpaired) electrons. The first-order valence-corrected chi connectivity index (χ1v) is 9.88. The monoisotopic (exact) mass is 366 g/mol. The number of nitrogens with zero attached hydrogens (tertiary/aromatic N) is 1. The van der Waals surface area contributed by atoms with Crippen LogP contribution >= 0.6 is 0 Å². The maximum Gasteiger partial charge on any atom is 0.257 e. The summed E-state index contributed by atoms with van der Waals surface area (Å²) in [6.07, 6.45) is 1.13. The maximum absolute atomic E-state index is 12.5. The number of sulfone groups is 1. The number of rotatable bonds is 4. The number of hydrogen-bond donors (Lipinski definition) is 1. The number of amides is 1. The molecule has 26 heavy (non-hydrogen) atoms. The highest BCUT2D eigenvalue weighted by atomic mass is 32.2. The molecule has 2 aromatic carbocycles. The number of carbonyl (C=O) groups excluding carboxylic acids is 1. The van der Waals surface area contributed by atoms with E-state index in [1.807, 2.05) is 30.3 Å². The molecule has 1 aromatic heterocycles. The molecule has 0 bridgehead atoms. The van der Waals surface area contributed by atoms with E-state index < -0.39 is 9.84 Å². The molecule has 0 aliphatic rings. The molecular weight excluding hydrogens is 348 g/mol. The van der Waals surface area contributed by atoms with Crippen LogP contribution in [-0.4, -0.2) is 25.6 Å². The third kappa shape index (κ3) is 3.97. The van der Waals surface area contributed by atoms with E-state index in [1.54, 1.807) is 31.2 Å². The molecule has 0 saturated carbocycles. The average molecular weight is 366 g/mol. The quantitative estimate of drug-likeness (QED) is 0.764. The highest BCUT2D eigenvalue weighted by Crippen LogP contribution is 2.20. The summed E-state index contributed by atoms with van der Waals surface area (Å²) in [6.45, 7) is 1.77. The summed E-state index contributed by atoms with van der Waals surface area (Å²) in [7, 11) is -3.33. The van der Waals surface area contributed by atoms with Crippen LogP contribution in [0, 0.1) is 6.92 Å². The lowest BCUT2D eigenvalue weighted by atomic mass is 10.1. The van der Waals surface area contributed by atoms with Crippen molar-refractivity contribution < 1.29 is 13.2 Å². The fourth-order valence-electron chi connectivity index (χ4n) is 2.57. The molecular formula is C20H18N2O3S. The Morgan fingerprint density at radius 2 is 1.69 bits per heavy atom. The van der Waals surface area contributed by atoms with Crippen molar-refractivity contribution in [2.75, 3.05) is 11.6 Å². The SMILES string of the molecule is Cc1nc(-c2ccccc2)ccc1C(=O)Nc1cccc(S(C)(=O)=O)c1. The molecule has 0 saturated heterocycles. The van der Waals surface area contributed by atoms with Gasteiger partial charge in [0, 0.05) is 17.5 Å². The zero-order chi connectivity index (χ0) is 18.7. The first-order chi connectivity index (χ1) is 12.3. The Morgan fingerprint density at radius 1 is 0.962 bits per heavy atom. The molecule has 1 amide bonds. The first kappa shape index (κ1) is 17.8. The fourth-order valence-corrected chi connectivity index (χ4v) is 3.24. The minimum absolute atomic E-state index is 0.157. The van der Waals surface area contributed by atoms with Crippen LogP contribution in [0.2, 0.25) is 0 Å². The highest BCUT2D eigenvalue weighted by molar-refractivity contribution is 7.90. The van der Waals surface area contributed by atoms with Gasteiger partial charge in [0.1, 0.15) is 0 Å². The number of pyridine rings is 1. The Balaban J connectivity index is 1.85. The maximum atomic E-state index is 12.5. The van der Waals surface area contributed by atoms with Crippen LogP contribution in [0.5, 0.6) is 0 Å². The van der Waals surface area contributed by atoms with Crippen LogP contribution in [0.15, 0.2) is 71.6 Å². The number of nitrogens with one attached hydrogen (secondary N) is 1. The third-order valence-electron chi connectivity index (χ3n) is 3.92. The van der Waals surface area contributed by atoms with Crippen molar-refractivity contribution in [2.24, 2.45) is 0 Å². The molecule has 0 aliphatic heterocycles. The Bertz CT molecular complexity index is 1060. The number of benzene rings is 2. The second-order valence-electron chi connectivity index (χ2n) is 5.95. The number of aryl methyl sites for hydroxylation is 1. The zero-order valence-corrected chi connectivity index (χ0v) is 15.2. The van der Waals surface area contributed by atoms with Gasteiger partial charge in [-0.2, -0.15) is 0 Å². The second kappa shape index (κ2) is 7.09. The summed E-state index contributed by atoms with van der Waals surface area (Å²) >= 11 is 0. The van der Waals surface area contributed by atoms with Crippen molar-refractivity contribution in [3.8, 4) is 11.3 Å². The molecule has 5 nitrogen and oxygen atoms in total. The lowest BCUT2D eigenvalue weighted by Crippen LogP contribution is -2.14. The molecule has 1 heterocycles. The van der Waals surface area contributed by atoms with Crippen molar-refractivity contribution in [1.82, 2.24) is 4.98 Å². The van der Waals surface area contributed by atoms with Gasteiger partial charge in [0.25, 0.3) is 5.91 Å². The molecule has 0 fully saturated rings. The summed E-state index contributed by atoms with van der Waals surface area (Å²) in [5.41, 5.74) is 3.23. The topological polar surface area (TPSA) is 76.1 Å². The van der Waals surface area contributed by atoms with Crippen molar-refractivity contribution in [2.45, 2.75) is 11.8 Å². The van der Waals surface area contributed by atoms with Gasteiger partial charge < -0.3 is 5.32 Å². The van der Waals surface area contributed by atoms with Gasteiger partial charge >= 0.3 is 0 Å². The largest absolute Gasteiger partial charge is 0.322 e. The fraction of sp³-hybridized carbons (Fsp3) is 0.100. The average Bonchev–Trinajstić information content (AvgIpc) is 2.62. The molecule has 132 valence electrons. The molecule has 6 heteroatoms. The summed E-state index contributed by atoms with van der Waals surface area (Å²) in [5.74, 6) is -0.333. The molecule has 3 rings (SSSR count). The molecule has 0 aliphatic carbocycles.